The molecule has 1 heterocycles. The number of nitrogens with one attached hydrogen (secondary N) is 1. The lowest BCUT2D eigenvalue weighted by Gasteiger charge is -1.99. The van der Waals surface area contributed by atoms with Gasteiger partial charge in [-0.2, -0.15) is 0 Å². The van der Waals surface area contributed by atoms with Crippen molar-refractivity contribution in [2.75, 3.05) is 11.9 Å². The molecule has 0 bridgehead atoms. The first kappa shape index (κ1) is 9.66. The number of aldehydes is 1. The molecule has 6 heteroatoms. The molecule has 0 saturated heterocycles. The molecule has 0 aliphatic rings. The third-order valence-electron chi connectivity index (χ3n) is 1.12. The van der Waals surface area contributed by atoms with Crippen LogP contribution < -0.4 is 5.32 Å². The van der Waals surface area contributed by atoms with Crippen molar-refractivity contribution in [2.24, 2.45) is 0 Å². The Kier molecular flexibility index (Phi) is 3.39. The summed E-state index contributed by atoms with van der Waals surface area (Å²) < 4.78 is 4.62. The van der Waals surface area contributed by atoms with E-state index >= 15 is 0 Å². The van der Waals surface area contributed by atoms with Gasteiger partial charge in [0.05, 0.1) is 17.7 Å². The Labute approximate surface area is 78.7 Å². The summed E-state index contributed by atoms with van der Waals surface area (Å²) in [6, 6.07) is 0. The molecule has 1 amide bonds. The van der Waals surface area contributed by atoms with E-state index in [1.54, 1.807) is 6.92 Å². The van der Waals surface area contributed by atoms with Crippen LogP contribution in [-0.4, -0.2) is 24.0 Å². The summed E-state index contributed by atoms with van der Waals surface area (Å²) in [5.74, 6) is 0. The minimum absolute atomic E-state index is 0.303. The molecule has 0 fully saturated rings. The van der Waals surface area contributed by atoms with Gasteiger partial charge in [-0.15, -0.1) is 0 Å². The van der Waals surface area contributed by atoms with Gasteiger partial charge >= 0.3 is 6.09 Å². The Hall–Kier alpha value is -1.43. The highest BCUT2D eigenvalue weighted by atomic mass is 32.1. The van der Waals surface area contributed by atoms with Crippen LogP contribution in [0, 0.1) is 0 Å². The molecule has 70 valence electrons. The van der Waals surface area contributed by atoms with Crippen molar-refractivity contribution < 1.29 is 14.3 Å². The maximum absolute atomic E-state index is 10.9. The van der Waals surface area contributed by atoms with Gasteiger partial charge in [0.2, 0.25) is 0 Å². The molecule has 0 radical (unpaired) electrons. The summed E-state index contributed by atoms with van der Waals surface area (Å²) in [5.41, 5.74) is 0. The number of anilines is 1. The predicted molar refractivity (Wildman–Crippen MR) is 48.1 cm³/mol. The fourth-order valence-electron chi connectivity index (χ4n) is 0.653. The number of carbonyl (C=O) groups is 2. The molecular formula is C7H8N2O3S. The Morgan fingerprint density at radius 3 is 3.15 bits per heavy atom. The van der Waals surface area contributed by atoms with Crippen molar-refractivity contribution in [1.82, 2.24) is 4.98 Å². The summed E-state index contributed by atoms with van der Waals surface area (Å²) in [6.07, 6.45) is 1.50. The highest BCUT2D eigenvalue weighted by Crippen LogP contribution is 2.15. The van der Waals surface area contributed by atoms with Crippen molar-refractivity contribution >= 4 is 28.8 Å². The van der Waals surface area contributed by atoms with Crippen molar-refractivity contribution in [3.63, 3.8) is 0 Å². The van der Waals surface area contributed by atoms with Crippen molar-refractivity contribution in [3.8, 4) is 0 Å². The van der Waals surface area contributed by atoms with Crippen molar-refractivity contribution in [3.05, 3.63) is 11.1 Å². The zero-order valence-electron chi connectivity index (χ0n) is 6.94. The van der Waals surface area contributed by atoms with Gasteiger partial charge in [-0.3, -0.25) is 10.1 Å². The number of carbonyl (C=O) groups excluding carboxylic acids is 2. The van der Waals surface area contributed by atoms with Crippen molar-refractivity contribution in [2.45, 2.75) is 6.92 Å². The smallest absolute Gasteiger partial charge is 0.413 e. The minimum Gasteiger partial charge on any atom is -0.450 e. The maximum Gasteiger partial charge on any atom is 0.413 e. The normalized spacial score (nSPS) is 9.31. The number of rotatable bonds is 3. The lowest BCUT2D eigenvalue weighted by atomic mass is 10.6. The van der Waals surface area contributed by atoms with Crippen LogP contribution in [-0.2, 0) is 4.74 Å². The zero-order valence-corrected chi connectivity index (χ0v) is 7.76. The molecule has 0 aliphatic heterocycles. The van der Waals surface area contributed by atoms with E-state index in [0.29, 0.717) is 22.9 Å². The standard InChI is InChI=1S/C7H8N2O3S/c1-2-12-7(11)9-6-8-3-5(4-10)13-6/h3-4H,2H2,1H3,(H,8,9,11). The summed E-state index contributed by atoms with van der Waals surface area (Å²) in [7, 11) is 0. The Morgan fingerprint density at radius 1 is 1.85 bits per heavy atom. The largest absolute Gasteiger partial charge is 0.450 e. The van der Waals surface area contributed by atoms with Gasteiger partial charge in [0.1, 0.15) is 0 Å². The number of nitrogens with zero attached hydrogens (tertiary/aromatic N) is 1. The average Bonchev–Trinajstić information content (AvgIpc) is 2.52. The SMILES string of the molecule is CCOC(=O)Nc1ncc(C=O)s1. The lowest BCUT2D eigenvalue weighted by molar-refractivity contribution is 0.112. The zero-order chi connectivity index (χ0) is 9.68. The van der Waals surface area contributed by atoms with Gasteiger partial charge < -0.3 is 4.74 Å². The minimum atomic E-state index is -0.561. The fraction of sp³-hybridized carbons (Fsp3) is 0.286. The Morgan fingerprint density at radius 2 is 2.62 bits per heavy atom. The fourth-order valence-corrected chi connectivity index (χ4v) is 1.27. The molecule has 0 unspecified atom stereocenters. The van der Waals surface area contributed by atoms with E-state index in [4.69, 9.17) is 0 Å². The van der Waals surface area contributed by atoms with Crippen LogP contribution in [0.1, 0.15) is 16.6 Å². The molecule has 1 aromatic heterocycles. The summed E-state index contributed by atoms with van der Waals surface area (Å²) in [4.78, 5) is 25.4. The third-order valence-corrected chi connectivity index (χ3v) is 1.96. The molecule has 0 aromatic carbocycles. The lowest BCUT2D eigenvalue weighted by Crippen LogP contribution is -2.12. The number of aromatic nitrogens is 1. The van der Waals surface area contributed by atoms with Crippen LogP contribution >= 0.6 is 11.3 Å². The van der Waals surface area contributed by atoms with Crippen LogP contribution in [0.4, 0.5) is 9.93 Å². The van der Waals surface area contributed by atoms with Crippen molar-refractivity contribution in [1.29, 1.82) is 0 Å². The third kappa shape index (κ3) is 2.83. The van der Waals surface area contributed by atoms with Crippen LogP contribution in [0.5, 0.6) is 0 Å². The molecule has 1 aromatic rings. The van der Waals surface area contributed by atoms with Crippen LogP contribution in [0.15, 0.2) is 6.20 Å². The first-order valence-corrected chi connectivity index (χ1v) is 4.42. The summed E-state index contributed by atoms with van der Waals surface area (Å²) in [6.45, 7) is 2.01. The van der Waals surface area contributed by atoms with Gasteiger partial charge in [0.15, 0.2) is 11.4 Å². The van der Waals surface area contributed by atoms with Gasteiger partial charge in [-0.25, -0.2) is 9.78 Å². The van der Waals surface area contributed by atoms with Crippen LogP contribution in [0.3, 0.4) is 0 Å². The first-order chi connectivity index (χ1) is 6.26. The summed E-state index contributed by atoms with van der Waals surface area (Å²) in [5, 5.41) is 2.75. The Balaban J connectivity index is 2.53. The Bertz CT molecular complexity index is 310. The number of hydrogen-bond acceptors (Lipinski definition) is 5. The van der Waals surface area contributed by atoms with Gasteiger partial charge in [0.25, 0.3) is 0 Å². The second-order valence-electron chi connectivity index (χ2n) is 2.03. The highest BCUT2D eigenvalue weighted by molar-refractivity contribution is 7.17. The first-order valence-electron chi connectivity index (χ1n) is 3.61. The average molecular weight is 200 g/mol. The molecule has 1 N–H and O–H groups in total. The number of ether oxygens (including phenoxy) is 1. The van der Waals surface area contributed by atoms with Gasteiger partial charge in [0, 0.05) is 0 Å². The topological polar surface area (TPSA) is 68.3 Å². The van der Waals surface area contributed by atoms with E-state index < -0.39 is 6.09 Å². The molecule has 13 heavy (non-hydrogen) atoms. The molecule has 0 saturated carbocycles. The predicted octanol–water partition coefficient (Wildman–Crippen LogP) is 1.52. The highest BCUT2D eigenvalue weighted by Gasteiger charge is 2.05. The molecular weight excluding hydrogens is 192 g/mol. The molecule has 0 aliphatic carbocycles. The van der Waals surface area contributed by atoms with Gasteiger partial charge in [-0.05, 0) is 6.92 Å². The number of thiazole rings is 1. The van der Waals surface area contributed by atoms with E-state index in [-0.39, 0.29) is 0 Å². The van der Waals surface area contributed by atoms with Crippen LogP contribution in [0.25, 0.3) is 0 Å². The second-order valence-corrected chi connectivity index (χ2v) is 3.09. The molecule has 0 spiro atoms. The maximum atomic E-state index is 10.9. The quantitative estimate of drug-likeness (QED) is 0.751. The van der Waals surface area contributed by atoms with E-state index in [1.165, 1.54) is 6.20 Å². The van der Waals surface area contributed by atoms with Crippen LogP contribution in [0.2, 0.25) is 0 Å². The van der Waals surface area contributed by atoms with Gasteiger partial charge in [-0.1, -0.05) is 11.3 Å². The number of amides is 1. The monoisotopic (exact) mass is 200 g/mol. The number of hydrogen-bond donors (Lipinski definition) is 1. The van der Waals surface area contributed by atoms with E-state index in [9.17, 15) is 9.59 Å². The molecule has 5 nitrogen and oxygen atoms in total. The van der Waals surface area contributed by atoms with E-state index in [1.807, 2.05) is 0 Å². The molecule has 1 rings (SSSR count). The second kappa shape index (κ2) is 4.56. The summed E-state index contributed by atoms with van der Waals surface area (Å²) >= 11 is 1.10. The van der Waals surface area contributed by atoms with E-state index in [0.717, 1.165) is 11.3 Å². The molecule has 0 atom stereocenters. The van der Waals surface area contributed by atoms with E-state index in [2.05, 4.69) is 15.0 Å².